The maximum absolute atomic E-state index is 3.44. The number of piperazine rings is 1. The first-order valence-corrected chi connectivity index (χ1v) is 6.49. The van der Waals surface area contributed by atoms with Crippen LogP contribution in [0.25, 0.3) is 6.08 Å². The molecule has 0 aliphatic carbocycles. The molecule has 0 bridgehead atoms. The summed E-state index contributed by atoms with van der Waals surface area (Å²) in [5.74, 6) is 0. The van der Waals surface area contributed by atoms with Crippen molar-refractivity contribution in [3.05, 3.63) is 40.4 Å². The Morgan fingerprint density at radius 2 is 1.88 bits per heavy atom. The summed E-state index contributed by atoms with van der Waals surface area (Å²) in [5.41, 5.74) is 1.26. The fourth-order valence-electron chi connectivity index (χ4n) is 1.81. The lowest BCUT2D eigenvalue weighted by Gasteiger charge is -2.25. The summed E-state index contributed by atoms with van der Waals surface area (Å²) >= 11 is 3.44. The van der Waals surface area contributed by atoms with Gasteiger partial charge < -0.3 is 5.32 Å². The summed E-state index contributed by atoms with van der Waals surface area (Å²) < 4.78 is 1.13. The van der Waals surface area contributed by atoms with E-state index in [1.165, 1.54) is 5.56 Å². The van der Waals surface area contributed by atoms with Crippen LogP contribution >= 0.6 is 15.9 Å². The van der Waals surface area contributed by atoms with Crippen LogP contribution in [0.15, 0.2) is 34.8 Å². The Hall–Kier alpha value is -0.640. The zero-order chi connectivity index (χ0) is 11.2. The summed E-state index contributed by atoms with van der Waals surface area (Å²) in [5, 5.41) is 3.36. The molecule has 0 radical (unpaired) electrons. The number of halogens is 1. The van der Waals surface area contributed by atoms with Crippen molar-refractivity contribution in [3.8, 4) is 0 Å². The standard InChI is InChI=1S/C13H17BrN2/c14-13-5-3-12(4-6-13)2-1-9-16-10-7-15-8-11-16/h1-6,15H,7-11H2. The molecule has 0 spiro atoms. The predicted octanol–water partition coefficient (Wildman–Crippen LogP) is 2.37. The van der Waals surface area contributed by atoms with Gasteiger partial charge in [0, 0.05) is 37.2 Å². The Balaban J connectivity index is 1.82. The molecule has 0 unspecified atom stereocenters. The van der Waals surface area contributed by atoms with E-state index >= 15 is 0 Å². The van der Waals surface area contributed by atoms with Gasteiger partial charge in [-0.05, 0) is 17.7 Å². The molecule has 1 aromatic carbocycles. The lowest BCUT2D eigenvalue weighted by atomic mass is 10.2. The van der Waals surface area contributed by atoms with Gasteiger partial charge in [0.25, 0.3) is 0 Å². The SMILES string of the molecule is Brc1ccc(C=CCN2CCNCC2)cc1. The average Bonchev–Trinajstić information content (AvgIpc) is 2.33. The number of nitrogens with one attached hydrogen (secondary N) is 1. The first-order chi connectivity index (χ1) is 7.84. The molecule has 1 aromatic rings. The Labute approximate surface area is 105 Å². The first-order valence-electron chi connectivity index (χ1n) is 5.70. The molecule has 0 saturated carbocycles. The van der Waals surface area contributed by atoms with Gasteiger partial charge in [-0.3, -0.25) is 4.90 Å². The van der Waals surface area contributed by atoms with Crippen molar-refractivity contribution in [2.45, 2.75) is 0 Å². The van der Waals surface area contributed by atoms with Crippen LogP contribution in [0.5, 0.6) is 0 Å². The van der Waals surface area contributed by atoms with E-state index < -0.39 is 0 Å². The van der Waals surface area contributed by atoms with Gasteiger partial charge in [-0.25, -0.2) is 0 Å². The second-order valence-electron chi connectivity index (χ2n) is 4.00. The van der Waals surface area contributed by atoms with Gasteiger partial charge in [0.1, 0.15) is 0 Å². The van der Waals surface area contributed by atoms with Crippen LogP contribution in [0, 0.1) is 0 Å². The Kier molecular flexibility index (Phi) is 4.57. The maximum Gasteiger partial charge on any atom is 0.0175 e. The minimum atomic E-state index is 1.05. The Morgan fingerprint density at radius 1 is 1.19 bits per heavy atom. The van der Waals surface area contributed by atoms with Crippen molar-refractivity contribution in [3.63, 3.8) is 0 Å². The van der Waals surface area contributed by atoms with E-state index in [2.05, 4.69) is 62.6 Å². The number of hydrogen-bond acceptors (Lipinski definition) is 2. The van der Waals surface area contributed by atoms with E-state index in [0.717, 1.165) is 37.2 Å². The zero-order valence-electron chi connectivity index (χ0n) is 9.32. The predicted molar refractivity (Wildman–Crippen MR) is 72.5 cm³/mol. The summed E-state index contributed by atoms with van der Waals surface area (Å²) in [7, 11) is 0. The van der Waals surface area contributed by atoms with Crippen molar-refractivity contribution >= 4 is 22.0 Å². The molecular weight excluding hydrogens is 264 g/mol. The van der Waals surface area contributed by atoms with Crippen LogP contribution in [0.3, 0.4) is 0 Å². The smallest absolute Gasteiger partial charge is 0.0175 e. The molecule has 1 heterocycles. The third-order valence-electron chi connectivity index (χ3n) is 2.75. The van der Waals surface area contributed by atoms with Crippen LogP contribution in [0.1, 0.15) is 5.56 Å². The number of rotatable bonds is 3. The fourth-order valence-corrected chi connectivity index (χ4v) is 2.07. The van der Waals surface area contributed by atoms with Gasteiger partial charge in [-0.2, -0.15) is 0 Å². The van der Waals surface area contributed by atoms with Crippen LogP contribution in [0.4, 0.5) is 0 Å². The van der Waals surface area contributed by atoms with E-state index in [9.17, 15) is 0 Å². The number of benzene rings is 1. The van der Waals surface area contributed by atoms with Gasteiger partial charge in [0.2, 0.25) is 0 Å². The zero-order valence-corrected chi connectivity index (χ0v) is 10.9. The molecule has 1 saturated heterocycles. The van der Waals surface area contributed by atoms with E-state index in [0.29, 0.717) is 0 Å². The molecule has 0 amide bonds. The molecule has 2 nitrogen and oxygen atoms in total. The van der Waals surface area contributed by atoms with Crippen molar-refractivity contribution in [1.82, 2.24) is 10.2 Å². The summed E-state index contributed by atoms with van der Waals surface area (Å²) in [4.78, 5) is 2.46. The first kappa shape index (κ1) is 11.8. The molecule has 2 rings (SSSR count). The normalized spacial score (nSPS) is 18.1. The van der Waals surface area contributed by atoms with Crippen LogP contribution in [0.2, 0.25) is 0 Å². The molecular formula is C13H17BrN2. The highest BCUT2D eigenvalue weighted by atomic mass is 79.9. The van der Waals surface area contributed by atoms with Crippen molar-refractivity contribution in [1.29, 1.82) is 0 Å². The largest absolute Gasteiger partial charge is 0.314 e. The quantitative estimate of drug-likeness (QED) is 0.915. The monoisotopic (exact) mass is 280 g/mol. The lowest BCUT2D eigenvalue weighted by Crippen LogP contribution is -2.43. The highest BCUT2D eigenvalue weighted by Crippen LogP contribution is 2.11. The molecule has 0 atom stereocenters. The Bertz CT molecular complexity index is 339. The third kappa shape index (κ3) is 3.74. The van der Waals surface area contributed by atoms with Gasteiger partial charge in [0.05, 0.1) is 0 Å². The summed E-state index contributed by atoms with van der Waals surface area (Å²) in [6.07, 6.45) is 4.43. The fraction of sp³-hybridized carbons (Fsp3) is 0.385. The Morgan fingerprint density at radius 3 is 2.56 bits per heavy atom. The van der Waals surface area contributed by atoms with Crippen molar-refractivity contribution < 1.29 is 0 Å². The summed E-state index contributed by atoms with van der Waals surface area (Å²) in [6, 6.07) is 8.39. The maximum atomic E-state index is 3.44. The lowest BCUT2D eigenvalue weighted by molar-refractivity contribution is 0.265. The third-order valence-corrected chi connectivity index (χ3v) is 3.28. The molecule has 3 heteroatoms. The van der Waals surface area contributed by atoms with Crippen LogP contribution < -0.4 is 5.32 Å². The van der Waals surface area contributed by atoms with Gasteiger partial charge in [-0.15, -0.1) is 0 Å². The number of hydrogen-bond donors (Lipinski definition) is 1. The van der Waals surface area contributed by atoms with Crippen molar-refractivity contribution in [2.75, 3.05) is 32.7 Å². The van der Waals surface area contributed by atoms with E-state index in [-0.39, 0.29) is 0 Å². The summed E-state index contributed by atoms with van der Waals surface area (Å²) in [6.45, 7) is 5.60. The van der Waals surface area contributed by atoms with Gasteiger partial charge >= 0.3 is 0 Å². The second-order valence-corrected chi connectivity index (χ2v) is 4.92. The van der Waals surface area contributed by atoms with E-state index in [1.807, 2.05) is 0 Å². The molecule has 1 N–H and O–H groups in total. The number of nitrogens with zero attached hydrogens (tertiary/aromatic N) is 1. The van der Waals surface area contributed by atoms with Crippen LogP contribution in [-0.4, -0.2) is 37.6 Å². The molecule has 86 valence electrons. The molecule has 1 fully saturated rings. The average molecular weight is 281 g/mol. The molecule has 16 heavy (non-hydrogen) atoms. The van der Waals surface area contributed by atoms with Crippen LogP contribution in [-0.2, 0) is 0 Å². The highest BCUT2D eigenvalue weighted by Gasteiger charge is 2.06. The second kappa shape index (κ2) is 6.18. The minimum absolute atomic E-state index is 1.05. The van der Waals surface area contributed by atoms with Crippen molar-refractivity contribution in [2.24, 2.45) is 0 Å². The highest BCUT2D eigenvalue weighted by molar-refractivity contribution is 9.10. The minimum Gasteiger partial charge on any atom is -0.314 e. The van der Waals surface area contributed by atoms with Gasteiger partial charge in [-0.1, -0.05) is 40.2 Å². The topological polar surface area (TPSA) is 15.3 Å². The molecule has 1 aliphatic heterocycles. The molecule has 1 aliphatic rings. The van der Waals surface area contributed by atoms with E-state index in [4.69, 9.17) is 0 Å². The van der Waals surface area contributed by atoms with Gasteiger partial charge in [0.15, 0.2) is 0 Å². The van der Waals surface area contributed by atoms with E-state index in [1.54, 1.807) is 0 Å². The molecule has 0 aromatic heterocycles.